The summed E-state index contributed by atoms with van der Waals surface area (Å²) in [7, 11) is 0. The highest BCUT2D eigenvalue weighted by Crippen LogP contribution is 2.28. The lowest BCUT2D eigenvalue weighted by molar-refractivity contribution is 0.436. The number of nitrogens with zero attached hydrogens (tertiary/aromatic N) is 2. The molecule has 32 heavy (non-hydrogen) atoms. The lowest BCUT2D eigenvalue weighted by atomic mass is 9.99. The molecule has 0 fully saturated rings. The van der Waals surface area contributed by atoms with E-state index in [4.69, 9.17) is 0 Å². The van der Waals surface area contributed by atoms with Gasteiger partial charge < -0.3 is 5.11 Å². The van der Waals surface area contributed by atoms with Crippen molar-refractivity contribution in [3.05, 3.63) is 99.3 Å². The molecule has 3 aromatic carbocycles. The second-order valence-electron chi connectivity index (χ2n) is 8.35. The molecule has 4 heteroatoms. The molecular formula is C28H28N2O2. The Morgan fingerprint density at radius 2 is 1.66 bits per heavy atom. The SMILES string of the molecule is CC[C@H](C)c1ccc(N=Cc2c(O)n(-c3ccc(C)c(C)c3)c(=O)c3ccccc23)cc1. The molecule has 0 saturated heterocycles. The molecule has 0 saturated carbocycles. The van der Waals surface area contributed by atoms with Gasteiger partial charge in [-0.1, -0.05) is 50.2 Å². The van der Waals surface area contributed by atoms with Crippen molar-refractivity contribution in [1.29, 1.82) is 0 Å². The van der Waals surface area contributed by atoms with Crippen LogP contribution in [-0.2, 0) is 0 Å². The molecular weight excluding hydrogens is 396 g/mol. The average Bonchev–Trinajstić information content (AvgIpc) is 2.81. The Morgan fingerprint density at radius 1 is 0.969 bits per heavy atom. The van der Waals surface area contributed by atoms with E-state index in [9.17, 15) is 9.90 Å². The predicted molar refractivity (Wildman–Crippen MR) is 133 cm³/mol. The number of aromatic nitrogens is 1. The van der Waals surface area contributed by atoms with Gasteiger partial charge in [-0.05, 0) is 73.2 Å². The van der Waals surface area contributed by atoms with Gasteiger partial charge in [0.05, 0.1) is 16.9 Å². The highest BCUT2D eigenvalue weighted by molar-refractivity contribution is 6.02. The van der Waals surface area contributed by atoms with Crippen LogP contribution in [0.25, 0.3) is 16.5 Å². The van der Waals surface area contributed by atoms with Gasteiger partial charge in [0.25, 0.3) is 5.56 Å². The largest absolute Gasteiger partial charge is 0.494 e. The minimum Gasteiger partial charge on any atom is -0.494 e. The van der Waals surface area contributed by atoms with Crippen molar-refractivity contribution in [2.24, 2.45) is 4.99 Å². The van der Waals surface area contributed by atoms with Crippen molar-refractivity contribution >= 4 is 22.7 Å². The molecule has 0 aliphatic rings. The summed E-state index contributed by atoms with van der Waals surface area (Å²) < 4.78 is 1.36. The first-order valence-corrected chi connectivity index (χ1v) is 11.0. The number of aryl methyl sites for hydroxylation is 2. The maximum atomic E-state index is 13.3. The summed E-state index contributed by atoms with van der Waals surface area (Å²) >= 11 is 0. The van der Waals surface area contributed by atoms with Gasteiger partial charge in [-0.25, -0.2) is 4.57 Å². The summed E-state index contributed by atoms with van der Waals surface area (Å²) in [4.78, 5) is 17.9. The molecule has 4 rings (SSSR count). The quantitative estimate of drug-likeness (QED) is 0.368. The molecule has 0 amide bonds. The molecule has 1 atom stereocenters. The standard InChI is InChI=1S/C28H28N2O2/c1-5-18(2)21-11-13-22(14-12-21)29-17-26-24-8-6-7-9-25(24)27(31)30(28(26)32)23-15-10-19(3)20(4)16-23/h6-18,32H,5H2,1-4H3/t18-/m0/s1. The van der Waals surface area contributed by atoms with Crippen LogP contribution >= 0.6 is 0 Å². The first kappa shape index (κ1) is 21.6. The van der Waals surface area contributed by atoms with Crippen LogP contribution in [0.3, 0.4) is 0 Å². The van der Waals surface area contributed by atoms with E-state index in [1.54, 1.807) is 12.3 Å². The number of rotatable bonds is 5. The molecule has 0 bridgehead atoms. The summed E-state index contributed by atoms with van der Waals surface area (Å²) in [5.74, 6) is 0.388. The fourth-order valence-corrected chi connectivity index (χ4v) is 3.86. The van der Waals surface area contributed by atoms with Gasteiger partial charge in [0.2, 0.25) is 5.88 Å². The van der Waals surface area contributed by atoms with Gasteiger partial charge in [-0.15, -0.1) is 0 Å². The molecule has 1 aromatic heterocycles. The van der Waals surface area contributed by atoms with Gasteiger partial charge in [-0.2, -0.15) is 0 Å². The zero-order valence-corrected chi connectivity index (χ0v) is 19.0. The van der Waals surface area contributed by atoms with Crippen LogP contribution < -0.4 is 5.56 Å². The zero-order valence-electron chi connectivity index (χ0n) is 19.0. The average molecular weight is 425 g/mol. The van der Waals surface area contributed by atoms with E-state index in [1.165, 1.54) is 10.1 Å². The highest BCUT2D eigenvalue weighted by Gasteiger charge is 2.16. The number of pyridine rings is 1. The lowest BCUT2D eigenvalue weighted by Crippen LogP contribution is -2.20. The smallest absolute Gasteiger partial charge is 0.265 e. The fraction of sp³-hybridized carbons (Fsp3) is 0.214. The molecule has 0 radical (unpaired) electrons. The maximum absolute atomic E-state index is 13.3. The summed E-state index contributed by atoms with van der Waals surface area (Å²) in [5, 5.41) is 12.4. The predicted octanol–water partition coefficient (Wildman–Crippen LogP) is 6.58. The Labute approximate surface area is 188 Å². The molecule has 0 aliphatic heterocycles. The summed E-state index contributed by atoms with van der Waals surface area (Å²) in [6.45, 7) is 8.40. The monoisotopic (exact) mass is 424 g/mol. The van der Waals surface area contributed by atoms with Gasteiger partial charge in [0.15, 0.2) is 0 Å². The summed E-state index contributed by atoms with van der Waals surface area (Å²) in [5.41, 5.74) is 5.16. The van der Waals surface area contributed by atoms with E-state index in [0.717, 1.165) is 23.2 Å². The molecule has 0 aliphatic carbocycles. The number of fused-ring (bicyclic) bond motifs is 1. The third-order valence-corrected chi connectivity index (χ3v) is 6.27. The summed E-state index contributed by atoms with van der Waals surface area (Å²) in [6, 6.07) is 21.2. The molecule has 1 N–H and O–H groups in total. The third-order valence-electron chi connectivity index (χ3n) is 6.27. The first-order valence-electron chi connectivity index (χ1n) is 11.0. The van der Waals surface area contributed by atoms with E-state index in [2.05, 4.69) is 31.0 Å². The Hall–Kier alpha value is -3.66. The van der Waals surface area contributed by atoms with Crippen LogP contribution in [0.4, 0.5) is 5.69 Å². The minimum absolute atomic E-state index is 0.114. The second kappa shape index (κ2) is 8.83. The molecule has 162 valence electrons. The first-order chi connectivity index (χ1) is 15.4. The second-order valence-corrected chi connectivity index (χ2v) is 8.35. The minimum atomic E-state index is -0.253. The lowest BCUT2D eigenvalue weighted by Gasteiger charge is -2.15. The van der Waals surface area contributed by atoms with Crippen molar-refractivity contribution in [2.75, 3.05) is 0 Å². The Balaban J connectivity index is 1.86. The van der Waals surface area contributed by atoms with E-state index >= 15 is 0 Å². The van der Waals surface area contributed by atoms with E-state index < -0.39 is 0 Å². The molecule has 4 aromatic rings. The number of aromatic hydroxyl groups is 1. The number of hydrogen-bond acceptors (Lipinski definition) is 3. The van der Waals surface area contributed by atoms with Crippen molar-refractivity contribution in [3.8, 4) is 11.6 Å². The number of aliphatic imine (C=N–C) groups is 1. The molecule has 0 unspecified atom stereocenters. The van der Waals surface area contributed by atoms with Crippen LogP contribution in [0.1, 0.15) is 48.4 Å². The zero-order chi connectivity index (χ0) is 22.8. The maximum Gasteiger partial charge on any atom is 0.265 e. The van der Waals surface area contributed by atoms with E-state index in [-0.39, 0.29) is 11.4 Å². The topological polar surface area (TPSA) is 54.6 Å². The van der Waals surface area contributed by atoms with Crippen molar-refractivity contribution in [3.63, 3.8) is 0 Å². The van der Waals surface area contributed by atoms with Gasteiger partial charge in [-0.3, -0.25) is 9.79 Å². The highest BCUT2D eigenvalue weighted by atomic mass is 16.3. The van der Waals surface area contributed by atoms with Crippen molar-refractivity contribution in [2.45, 2.75) is 40.0 Å². The Kier molecular flexibility index (Phi) is 5.95. The van der Waals surface area contributed by atoms with Crippen LogP contribution in [0.5, 0.6) is 5.88 Å². The van der Waals surface area contributed by atoms with Gasteiger partial charge >= 0.3 is 0 Å². The van der Waals surface area contributed by atoms with Crippen molar-refractivity contribution in [1.82, 2.24) is 4.57 Å². The van der Waals surface area contributed by atoms with Crippen LogP contribution in [0.15, 0.2) is 76.5 Å². The van der Waals surface area contributed by atoms with E-state index in [0.29, 0.717) is 27.9 Å². The molecule has 1 heterocycles. The van der Waals surface area contributed by atoms with E-state index in [1.807, 2.05) is 62.4 Å². The number of benzene rings is 3. The van der Waals surface area contributed by atoms with Crippen molar-refractivity contribution < 1.29 is 5.11 Å². The van der Waals surface area contributed by atoms with Gasteiger partial charge in [0.1, 0.15) is 0 Å². The third kappa shape index (κ3) is 3.96. The van der Waals surface area contributed by atoms with Crippen LogP contribution in [0, 0.1) is 13.8 Å². The molecule has 0 spiro atoms. The number of hydrogen-bond donors (Lipinski definition) is 1. The van der Waals surface area contributed by atoms with Crippen LogP contribution in [0.2, 0.25) is 0 Å². The van der Waals surface area contributed by atoms with Gasteiger partial charge in [0, 0.05) is 17.0 Å². The summed E-state index contributed by atoms with van der Waals surface area (Å²) in [6.07, 6.45) is 2.73. The Bertz CT molecular complexity index is 1370. The normalized spacial score (nSPS) is 12.5. The molecule has 4 nitrogen and oxygen atoms in total. The Morgan fingerprint density at radius 3 is 2.31 bits per heavy atom. The van der Waals surface area contributed by atoms with Crippen LogP contribution in [-0.4, -0.2) is 15.9 Å². The fourth-order valence-electron chi connectivity index (χ4n) is 3.86.